The monoisotopic (exact) mass is 231 g/mol. The maximum Gasteiger partial charge on any atom is 0.129 e. The topological polar surface area (TPSA) is 73.3 Å². The van der Waals surface area contributed by atoms with E-state index in [0.29, 0.717) is 24.6 Å². The van der Waals surface area contributed by atoms with Gasteiger partial charge in [-0.15, -0.1) is 0 Å². The standard InChI is InChI=1S/C12H13N3O2/c1-15-12(13)10(4-14-15)9-2-7-5-17-6-8(7)3-11(9)16/h2-4,16H,5-6,13H2,1H3. The highest BCUT2D eigenvalue weighted by molar-refractivity contribution is 5.79. The third kappa shape index (κ3) is 1.47. The minimum absolute atomic E-state index is 0.217. The van der Waals surface area contributed by atoms with Crippen LogP contribution in [0.1, 0.15) is 11.1 Å². The molecule has 0 saturated carbocycles. The molecule has 0 atom stereocenters. The van der Waals surface area contributed by atoms with Crippen LogP contribution >= 0.6 is 0 Å². The maximum absolute atomic E-state index is 10.0. The van der Waals surface area contributed by atoms with Gasteiger partial charge in [0.2, 0.25) is 0 Å². The fraction of sp³-hybridized carbons (Fsp3) is 0.250. The van der Waals surface area contributed by atoms with E-state index in [2.05, 4.69) is 5.10 Å². The maximum atomic E-state index is 10.0. The molecule has 17 heavy (non-hydrogen) atoms. The lowest BCUT2D eigenvalue weighted by atomic mass is 10.0. The summed E-state index contributed by atoms with van der Waals surface area (Å²) in [7, 11) is 1.77. The van der Waals surface area contributed by atoms with Crippen molar-refractivity contribution in [2.24, 2.45) is 7.05 Å². The van der Waals surface area contributed by atoms with E-state index in [-0.39, 0.29) is 5.75 Å². The number of ether oxygens (including phenoxy) is 1. The number of rotatable bonds is 1. The summed E-state index contributed by atoms with van der Waals surface area (Å²) in [5, 5.41) is 14.1. The second-order valence-electron chi connectivity index (χ2n) is 4.20. The van der Waals surface area contributed by atoms with Gasteiger partial charge in [0.1, 0.15) is 11.6 Å². The summed E-state index contributed by atoms with van der Waals surface area (Å²) in [5.41, 5.74) is 9.50. The smallest absolute Gasteiger partial charge is 0.129 e. The normalized spacial score (nSPS) is 13.9. The number of benzene rings is 1. The zero-order valence-corrected chi connectivity index (χ0v) is 9.47. The third-order valence-corrected chi connectivity index (χ3v) is 3.11. The molecule has 0 saturated heterocycles. The van der Waals surface area contributed by atoms with Crippen LogP contribution in [0.3, 0.4) is 0 Å². The predicted octanol–water partition coefficient (Wildman–Crippen LogP) is 1.41. The lowest BCUT2D eigenvalue weighted by molar-refractivity contribution is 0.134. The quantitative estimate of drug-likeness (QED) is 0.778. The first-order valence-electron chi connectivity index (χ1n) is 5.37. The van der Waals surface area contributed by atoms with Gasteiger partial charge in [-0.2, -0.15) is 5.10 Å². The fourth-order valence-electron chi connectivity index (χ4n) is 2.09. The average Bonchev–Trinajstić information content (AvgIpc) is 2.86. The van der Waals surface area contributed by atoms with Crippen molar-refractivity contribution in [2.45, 2.75) is 13.2 Å². The van der Waals surface area contributed by atoms with Crippen molar-refractivity contribution < 1.29 is 9.84 Å². The third-order valence-electron chi connectivity index (χ3n) is 3.11. The highest BCUT2D eigenvalue weighted by Crippen LogP contribution is 2.36. The second-order valence-corrected chi connectivity index (χ2v) is 4.20. The van der Waals surface area contributed by atoms with Crippen LogP contribution in [-0.2, 0) is 25.0 Å². The Hall–Kier alpha value is -2.01. The van der Waals surface area contributed by atoms with Crippen LogP contribution in [0.4, 0.5) is 5.82 Å². The van der Waals surface area contributed by atoms with Crippen molar-refractivity contribution >= 4 is 5.82 Å². The summed E-state index contributed by atoms with van der Waals surface area (Å²) < 4.78 is 6.91. The molecule has 0 aliphatic carbocycles. The van der Waals surface area contributed by atoms with Crippen LogP contribution in [0.25, 0.3) is 11.1 Å². The number of aromatic hydroxyl groups is 1. The highest BCUT2D eigenvalue weighted by Gasteiger charge is 2.18. The number of aromatic nitrogens is 2. The van der Waals surface area contributed by atoms with Crippen LogP contribution in [0.15, 0.2) is 18.3 Å². The number of phenols is 1. The van der Waals surface area contributed by atoms with Gasteiger partial charge in [-0.1, -0.05) is 0 Å². The molecule has 2 heterocycles. The molecule has 1 aliphatic rings. The van der Waals surface area contributed by atoms with Crippen LogP contribution in [0.2, 0.25) is 0 Å². The number of fused-ring (bicyclic) bond motifs is 1. The van der Waals surface area contributed by atoms with E-state index in [0.717, 1.165) is 16.7 Å². The molecular formula is C12H13N3O2. The molecule has 5 heteroatoms. The largest absolute Gasteiger partial charge is 0.507 e. The minimum atomic E-state index is 0.217. The lowest BCUT2D eigenvalue weighted by Crippen LogP contribution is -1.98. The van der Waals surface area contributed by atoms with Crippen LogP contribution < -0.4 is 5.73 Å². The van der Waals surface area contributed by atoms with Crippen LogP contribution in [0.5, 0.6) is 5.75 Å². The number of hydrogen-bond acceptors (Lipinski definition) is 4. The van der Waals surface area contributed by atoms with E-state index in [4.69, 9.17) is 10.5 Å². The molecule has 0 fully saturated rings. The number of hydrogen-bond donors (Lipinski definition) is 2. The molecule has 3 rings (SSSR count). The number of anilines is 1. The molecule has 3 N–H and O–H groups in total. The van der Waals surface area contributed by atoms with Gasteiger partial charge < -0.3 is 15.6 Å². The number of nitrogens with zero attached hydrogens (tertiary/aromatic N) is 2. The molecule has 1 aromatic heterocycles. The van der Waals surface area contributed by atoms with Gasteiger partial charge in [-0.3, -0.25) is 4.68 Å². The zero-order chi connectivity index (χ0) is 12.0. The first-order chi connectivity index (χ1) is 8.16. The van der Waals surface area contributed by atoms with Gasteiger partial charge in [0, 0.05) is 18.2 Å². The molecule has 5 nitrogen and oxygen atoms in total. The van der Waals surface area contributed by atoms with E-state index in [9.17, 15) is 5.11 Å². The van der Waals surface area contributed by atoms with Crippen molar-refractivity contribution in [2.75, 3.05) is 5.73 Å². The Morgan fingerprint density at radius 2 is 2.00 bits per heavy atom. The van der Waals surface area contributed by atoms with Gasteiger partial charge in [-0.25, -0.2) is 0 Å². The molecule has 0 bridgehead atoms. The number of aryl methyl sites for hydroxylation is 1. The van der Waals surface area contributed by atoms with Gasteiger partial charge in [-0.05, 0) is 23.3 Å². The SMILES string of the molecule is Cn1ncc(-c2cc3c(cc2O)COC3)c1N. The summed E-state index contributed by atoms with van der Waals surface area (Å²) >= 11 is 0. The van der Waals surface area contributed by atoms with Gasteiger partial charge >= 0.3 is 0 Å². The molecular weight excluding hydrogens is 218 g/mol. The summed E-state index contributed by atoms with van der Waals surface area (Å²) in [5.74, 6) is 0.758. The Bertz CT molecular complexity index is 590. The molecule has 1 aromatic carbocycles. The molecule has 88 valence electrons. The van der Waals surface area contributed by atoms with Crippen molar-refractivity contribution in [1.29, 1.82) is 0 Å². The predicted molar refractivity (Wildman–Crippen MR) is 63.2 cm³/mol. The summed E-state index contributed by atoms with van der Waals surface area (Å²) in [6.07, 6.45) is 1.66. The van der Waals surface area contributed by atoms with E-state index >= 15 is 0 Å². The van der Waals surface area contributed by atoms with Crippen LogP contribution in [-0.4, -0.2) is 14.9 Å². The number of nitrogen functional groups attached to an aromatic ring is 1. The Labute approximate surface area is 98.4 Å². The van der Waals surface area contributed by atoms with Crippen molar-refractivity contribution in [3.05, 3.63) is 29.5 Å². The molecule has 0 amide bonds. The number of phenolic OH excluding ortho intramolecular Hbond substituents is 1. The second kappa shape index (κ2) is 3.49. The minimum Gasteiger partial charge on any atom is -0.507 e. The van der Waals surface area contributed by atoms with E-state index < -0.39 is 0 Å². The van der Waals surface area contributed by atoms with Gasteiger partial charge in [0.05, 0.1) is 19.4 Å². The van der Waals surface area contributed by atoms with Crippen LogP contribution in [0, 0.1) is 0 Å². The molecule has 1 aliphatic heterocycles. The fourth-order valence-corrected chi connectivity index (χ4v) is 2.09. The summed E-state index contributed by atoms with van der Waals surface area (Å²) in [4.78, 5) is 0. The Morgan fingerprint density at radius 3 is 2.65 bits per heavy atom. The van der Waals surface area contributed by atoms with E-state index in [1.807, 2.05) is 6.07 Å². The van der Waals surface area contributed by atoms with E-state index in [1.54, 1.807) is 24.0 Å². The highest BCUT2D eigenvalue weighted by atomic mass is 16.5. The molecule has 0 unspecified atom stereocenters. The molecule has 2 aromatic rings. The summed E-state index contributed by atoms with van der Waals surface area (Å²) in [6.45, 7) is 1.15. The molecule has 0 spiro atoms. The first-order valence-corrected chi connectivity index (χ1v) is 5.37. The van der Waals surface area contributed by atoms with Gasteiger partial charge in [0.15, 0.2) is 0 Å². The Kier molecular flexibility index (Phi) is 2.09. The van der Waals surface area contributed by atoms with Crippen molar-refractivity contribution in [1.82, 2.24) is 9.78 Å². The van der Waals surface area contributed by atoms with Crippen molar-refractivity contribution in [3.8, 4) is 16.9 Å². The number of nitrogens with two attached hydrogens (primary N) is 1. The first kappa shape index (κ1) is 10.2. The lowest BCUT2D eigenvalue weighted by Gasteiger charge is -2.06. The average molecular weight is 231 g/mol. The van der Waals surface area contributed by atoms with Crippen molar-refractivity contribution in [3.63, 3.8) is 0 Å². The zero-order valence-electron chi connectivity index (χ0n) is 9.47. The molecule has 0 radical (unpaired) electrons. The van der Waals surface area contributed by atoms with Gasteiger partial charge in [0.25, 0.3) is 0 Å². The Balaban J connectivity index is 2.18. The van der Waals surface area contributed by atoms with E-state index in [1.165, 1.54) is 0 Å². The summed E-state index contributed by atoms with van der Waals surface area (Å²) in [6, 6.07) is 3.66. The Morgan fingerprint density at radius 1 is 1.29 bits per heavy atom.